The number of thiazole rings is 1. The molecule has 108 valence electrons. The summed E-state index contributed by atoms with van der Waals surface area (Å²) in [5.74, 6) is -0.350. The topological polar surface area (TPSA) is 16.1 Å². The lowest BCUT2D eigenvalue weighted by atomic mass is 10.1. The minimum Gasteiger partial charge on any atom is -0.344 e. The smallest absolute Gasteiger partial charge is 0.344 e. The Balaban J connectivity index is 2.20. The van der Waals surface area contributed by atoms with Crippen molar-refractivity contribution in [3.05, 3.63) is 46.7 Å². The highest BCUT2D eigenvalue weighted by Crippen LogP contribution is 2.37. The van der Waals surface area contributed by atoms with Crippen LogP contribution >= 0.6 is 11.3 Å². The van der Waals surface area contributed by atoms with Crippen molar-refractivity contribution in [3.8, 4) is 0 Å². The predicted molar refractivity (Wildman–Crippen MR) is 70.3 cm³/mol. The molecule has 0 aliphatic carbocycles. The van der Waals surface area contributed by atoms with Crippen molar-refractivity contribution in [2.24, 2.45) is 0 Å². The molecule has 0 aliphatic heterocycles. The Hall–Kier alpha value is -1.63. The largest absolute Gasteiger partial charge is 0.427 e. The van der Waals surface area contributed by atoms with Crippen molar-refractivity contribution in [1.82, 2.24) is 4.98 Å². The maximum atomic E-state index is 12.9. The van der Waals surface area contributed by atoms with Gasteiger partial charge in [-0.15, -0.1) is 0 Å². The first-order valence-corrected chi connectivity index (χ1v) is 6.62. The van der Waals surface area contributed by atoms with Crippen LogP contribution in [0.25, 0.3) is 0 Å². The molecule has 0 radical (unpaired) electrons. The predicted octanol–water partition coefficient (Wildman–Crippen LogP) is 4.50. The third-order valence-electron chi connectivity index (χ3n) is 3.01. The summed E-state index contributed by atoms with van der Waals surface area (Å²) in [6.07, 6.45) is -3.55. The standard InChI is InChI=1S/C13H12F4N2S/c1-8(9-3-5-10(14)6-4-9)19(2)12-18-7-11(20-12)13(15,16)17/h3-8H,1-2H3. The van der Waals surface area contributed by atoms with Gasteiger partial charge < -0.3 is 4.90 Å². The van der Waals surface area contributed by atoms with Gasteiger partial charge in [0.25, 0.3) is 0 Å². The molecule has 7 heteroatoms. The van der Waals surface area contributed by atoms with E-state index in [9.17, 15) is 17.6 Å². The van der Waals surface area contributed by atoms with Crippen LogP contribution in [0, 0.1) is 5.82 Å². The summed E-state index contributed by atoms with van der Waals surface area (Å²) in [6.45, 7) is 1.82. The number of hydrogen-bond acceptors (Lipinski definition) is 3. The van der Waals surface area contributed by atoms with Crippen molar-refractivity contribution in [1.29, 1.82) is 0 Å². The van der Waals surface area contributed by atoms with E-state index in [0.29, 0.717) is 11.3 Å². The van der Waals surface area contributed by atoms with E-state index in [1.807, 2.05) is 6.92 Å². The number of nitrogens with zero attached hydrogens (tertiary/aromatic N) is 2. The zero-order valence-electron chi connectivity index (χ0n) is 10.8. The van der Waals surface area contributed by atoms with Crippen molar-refractivity contribution in [2.75, 3.05) is 11.9 Å². The fourth-order valence-corrected chi connectivity index (χ4v) is 2.51. The molecule has 2 nitrogen and oxygen atoms in total. The van der Waals surface area contributed by atoms with Gasteiger partial charge in [-0.2, -0.15) is 13.2 Å². The van der Waals surface area contributed by atoms with Crippen LogP contribution in [0.1, 0.15) is 23.4 Å². The third-order valence-corrected chi connectivity index (χ3v) is 4.14. The molecule has 2 aromatic rings. The van der Waals surface area contributed by atoms with Gasteiger partial charge in [-0.3, -0.25) is 0 Å². The summed E-state index contributed by atoms with van der Waals surface area (Å²) in [6, 6.07) is 5.65. The lowest BCUT2D eigenvalue weighted by Gasteiger charge is -2.24. The fourth-order valence-electron chi connectivity index (χ4n) is 1.69. The lowest BCUT2D eigenvalue weighted by molar-refractivity contribution is -0.134. The van der Waals surface area contributed by atoms with E-state index in [-0.39, 0.29) is 17.0 Å². The van der Waals surface area contributed by atoms with Crippen LogP contribution in [-0.4, -0.2) is 12.0 Å². The van der Waals surface area contributed by atoms with Gasteiger partial charge in [0.05, 0.1) is 12.2 Å². The molecule has 0 saturated carbocycles. The van der Waals surface area contributed by atoms with Crippen LogP contribution in [0.2, 0.25) is 0 Å². The second-order valence-electron chi connectivity index (χ2n) is 4.34. The summed E-state index contributed by atoms with van der Waals surface area (Å²) >= 11 is 0.590. The Morgan fingerprint density at radius 3 is 2.30 bits per heavy atom. The molecular weight excluding hydrogens is 292 g/mol. The summed E-state index contributed by atoms with van der Waals surface area (Å²) in [7, 11) is 1.66. The van der Waals surface area contributed by atoms with Gasteiger partial charge in [-0.1, -0.05) is 23.5 Å². The lowest BCUT2D eigenvalue weighted by Crippen LogP contribution is -2.21. The quantitative estimate of drug-likeness (QED) is 0.776. The van der Waals surface area contributed by atoms with Gasteiger partial charge in [0.1, 0.15) is 10.7 Å². The highest BCUT2D eigenvalue weighted by Gasteiger charge is 2.34. The van der Waals surface area contributed by atoms with Crippen molar-refractivity contribution >= 4 is 16.5 Å². The Bertz CT molecular complexity index is 577. The monoisotopic (exact) mass is 304 g/mol. The van der Waals surface area contributed by atoms with Crippen molar-refractivity contribution < 1.29 is 17.6 Å². The summed E-state index contributed by atoms with van der Waals surface area (Å²) < 4.78 is 50.5. The highest BCUT2D eigenvalue weighted by molar-refractivity contribution is 7.15. The third kappa shape index (κ3) is 3.09. The van der Waals surface area contributed by atoms with Crippen molar-refractivity contribution in [3.63, 3.8) is 0 Å². The number of rotatable bonds is 3. The number of hydrogen-bond donors (Lipinski definition) is 0. The maximum absolute atomic E-state index is 12.9. The first-order valence-electron chi connectivity index (χ1n) is 5.80. The van der Waals surface area contributed by atoms with Crippen LogP contribution in [0.4, 0.5) is 22.7 Å². The van der Waals surface area contributed by atoms with Gasteiger partial charge >= 0.3 is 6.18 Å². The van der Waals surface area contributed by atoms with Gasteiger partial charge in [0, 0.05) is 7.05 Å². The minimum absolute atomic E-state index is 0.206. The number of halogens is 4. The molecule has 1 aromatic carbocycles. The van der Waals surface area contributed by atoms with Crippen LogP contribution < -0.4 is 4.90 Å². The van der Waals surface area contributed by atoms with E-state index in [1.54, 1.807) is 24.1 Å². The Morgan fingerprint density at radius 2 is 1.80 bits per heavy atom. The molecule has 0 aliphatic rings. The second-order valence-corrected chi connectivity index (χ2v) is 5.35. The van der Waals surface area contributed by atoms with Crippen LogP contribution in [-0.2, 0) is 6.18 Å². The summed E-state index contributed by atoms with van der Waals surface area (Å²) in [5, 5.41) is 0.272. The zero-order chi connectivity index (χ0) is 14.9. The molecule has 0 N–H and O–H groups in total. The Kier molecular flexibility index (Phi) is 3.99. The zero-order valence-corrected chi connectivity index (χ0v) is 11.6. The second kappa shape index (κ2) is 5.40. The molecule has 2 rings (SSSR count). The van der Waals surface area contributed by atoms with Gasteiger partial charge in [-0.05, 0) is 24.6 Å². The molecule has 0 saturated heterocycles. The first-order chi connectivity index (χ1) is 9.29. The molecule has 1 aromatic heterocycles. The van der Waals surface area contributed by atoms with Gasteiger partial charge in [0.15, 0.2) is 5.13 Å². The molecule has 20 heavy (non-hydrogen) atoms. The molecule has 0 fully saturated rings. The molecule has 1 heterocycles. The number of alkyl halides is 3. The van der Waals surface area contributed by atoms with Crippen LogP contribution in [0.5, 0.6) is 0 Å². The maximum Gasteiger partial charge on any atom is 0.427 e. The molecule has 0 bridgehead atoms. The molecule has 1 unspecified atom stereocenters. The van der Waals surface area contributed by atoms with E-state index < -0.39 is 11.1 Å². The average Bonchev–Trinajstić information content (AvgIpc) is 2.87. The molecule has 0 spiro atoms. The first kappa shape index (κ1) is 14.8. The van der Waals surface area contributed by atoms with E-state index in [2.05, 4.69) is 4.98 Å². The molecule has 0 amide bonds. The van der Waals surface area contributed by atoms with Crippen LogP contribution in [0.15, 0.2) is 30.5 Å². The summed E-state index contributed by atoms with van der Waals surface area (Å²) in [4.78, 5) is 4.70. The number of benzene rings is 1. The summed E-state index contributed by atoms with van der Waals surface area (Å²) in [5.41, 5.74) is 0.803. The Morgan fingerprint density at radius 1 is 1.20 bits per heavy atom. The number of anilines is 1. The number of aromatic nitrogens is 1. The fraction of sp³-hybridized carbons (Fsp3) is 0.308. The SMILES string of the molecule is CC(c1ccc(F)cc1)N(C)c1ncc(C(F)(F)F)s1. The Labute approximate surface area is 117 Å². The average molecular weight is 304 g/mol. The van der Waals surface area contributed by atoms with E-state index in [4.69, 9.17) is 0 Å². The van der Waals surface area contributed by atoms with Crippen molar-refractivity contribution in [2.45, 2.75) is 19.1 Å². The van der Waals surface area contributed by atoms with E-state index in [1.165, 1.54) is 12.1 Å². The highest BCUT2D eigenvalue weighted by atomic mass is 32.1. The van der Waals surface area contributed by atoms with E-state index in [0.717, 1.165) is 11.8 Å². The van der Waals surface area contributed by atoms with Gasteiger partial charge in [0.2, 0.25) is 0 Å². The van der Waals surface area contributed by atoms with Crippen LogP contribution in [0.3, 0.4) is 0 Å². The normalized spacial score (nSPS) is 13.3. The molecule has 1 atom stereocenters. The molecular formula is C13H12F4N2S. The minimum atomic E-state index is -4.38. The van der Waals surface area contributed by atoms with E-state index >= 15 is 0 Å². The van der Waals surface area contributed by atoms with Gasteiger partial charge in [-0.25, -0.2) is 9.37 Å².